The topological polar surface area (TPSA) is 59.3 Å². The molecule has 6 heteroatoms. The Morgan fingerprint density at radius 2 is 1.41 bits per heavy atom. The van der Waals surface area contributed by atoms with Gasteiger partial charge in [0.2, 0.25) is 0 Å². The Bertz CT molecular complexity index is 1840. The van der Waals surface area contributed by atoms with Gasteiger partial charge in [0.15, 0.2) is 0 Å². The summed E-state index contributed by atoms with van der Waals surface area (Å²) in [5.41, 5.74) is 8.46. The standard InChI is InChI=1S/C33H25FN4O/c1-21-6-3-8-23(18-21)30-31-29(35-16-17-38(31)32(37-30)25-10-4-7-22(2)19-25)24-9-5-11-26(20-24)33(39)36-28-14-12-27(34)13-15-28/h3-20H,1-2H3,(H,36,39). The van der Waals surface area contributed by atoms with Gasteiger partial charge in [0.05, 0.1) is 16.9 Å². The van der Waals surface area contributed by atoms with Crippen molar-refractivity contribution in [2.75, 3.05) is 5.32 Å². The van der Waals surface area contributed by atoms with Gasteiger partial charge in [-0.3, -0.25) is 14.2 Å². The molecule has 190 valence electrons. The van der Waals surface area contributed by atoms with E-state index in [0.29, 0.717) is 11.3 Å². The van der Waals surface area contributed by atoms with E-state index in [4.69, 9.17) is 9.97 Å². The summed E-state index contributed by atoms with van der Waals surface area (Å²) < 4.78 is 15.4. The number of benzene rings is 4. The number of anilines is 1. The highest BCUT2D eigenvalue weighted by Crippen LogP contribution is 2.35. The number of aromatic nitrogens is 3. The van der Waals surface area contributed by atoms with E-state index in [-0.39, 0.29) is 11.7 Å². The van der Waals surface area contributed by atoms with Crippen molar-refractivity contribution in [3.05, 3.63) is 132 Å². The van der Waals surface area contributed by atoms with E-state index in [9.17, 15) is 9.18 Å². The maximum atomic E-state index is 13.3. The largest absolute Gasteiger partial charge is 0.322 e. The normalized spacial score (nSPS) is 11.1. The third kappa shape index (κ3) is 4.80. The first kappa shape index (κ1) is 24.2. The van der Waals surface area contributed by atoms with Crippen LogP contribution in [0, 0.1) is 19.7 Å². The Kier molecular flexibility index (Phi) is 6.21. The predicted molar refractivity (Wildman–Crippen MR) is 153 cm³/mol. The number of nitrogens with zero attached hydrogens (tertiary/aromatic N) is 3. The average molecular weight is 513 g/mol. The number of imidazole rings is 1. The summed E-state index contributed by atoms with van der Waals surface area (Å²) in [6.45, 7) is 4.13. The molecule has 0 bridgehead atoms. The monoisotopic (exact) mass is 512 g/mol. The smallest absolute Gasteiger partial charge is 0.255 e. The number of hydrogen-bond acceptors (Lipinski definition) is 3. The summed E-state index contributed by atoms with van der Waals surface area (Å²) in [6.07, 6.45) is 3.68. The first-order valence-electron chi connectivity index (χ1n) is 12.6. The molecule has 39 heavy (non-hydrogen) atoms. The molecule has 0 spiro atoms. The lowest BCUT2D eigenvalue weighted by Crippen LogP contribution is -2.11. The van der Waals surface area contributed by atoms with Crippen molar-refractivity contribution in [2.45, 2.75) is 13.8 Å². The molecule has 5 nitrogen and oxygen atoms in total. The number of nitrogens with one attached hydrogen (secondary N) is 1. The molecule has 0 saturated carbocycles. The molecule has 0 saturated heterocycles. The van der Waals surface area contributed by atoms with Gasteiger partial charge in [0, 0.05) is 40.3 Å². The van der Waals surface area contributed by atoms with Crippen molar-refractivity contribution in [1.82, 2.24) is 14.4 Å². The zero-order valence-electron chi connectivity index (χ0n) is 21.5. The van der Waals surface area contributed by atoms with E-state index in [1.165, 1.54) is 24.3 Å². The minimum atomic E-state index is -0.357. The van der Waals surface area contributed by atoms with Gasteiger partial charge in [0.25, 0.3) is 5.91 Å². The van der Waals surface area contributed by atoms with Crippen LogP contribution in [0.5, 0.6) is 0 Å². The molecule has 0 aliphatic heterocycles. The molecule has 0 aliphatic rings. The first-order chi connectivity index (χ1) is 19.0. The van der Waals surface area contributed by atoms with Crippen molar-refractivity contribution in [2.24, 2.45) is 0 Å². The van der Waals surface area contributed by atoms with E-state index in [1.807, 2.05) is 36.5 Å². The lowest BCUT2D eigenvalue weighted by atomic mass is 10.0. The molecule has 1 amide bonds. The van der Waals surface area contributed by atoms with Crippen LogP contribution in [0.15, 0.2) is 109 Å². The van der Waals surface area contributed by atoms with Crippen molar-refractivity contribution in [3.63, 3.8) is 0 Å². The van der Waals surface area contributed by atoms with Crippen LogP contribution in [0.25, 0.3) is 39.4 Å². The Labute approximate surface area is 225 Å². The van der Waals surface area contributed by atoms with Crippen LogP contribution >= 0.6 is 0 Å². The van der Waals surface area contributed by atoms with E-state index < -0.39 is 0 Å². The highest BCUT2D eigenvalue weighted by Gasteiger charge is 2.20. The van der Waals surface area contributed by atoms with Crippen LogP contribution < -0.4 is 5.32 Å². The van der Waals surface area contributed by atoms with Gasteiger partial charge in [-0.1, -0.05) is 59.7 Å². The first-order valence-corrected chi connectivity index (χ1v) is 12.6. The molecule has 0 aliphatic carbocycles. The van der Waals surface area contributed by atoms with Crippen LogP contribution in [0.4, 0.5) is 10.1 Å². The highest BCUT2D eigenvalue weighted by molar-refractivity contribution is 6.05. The van der Waals surface area contributed by atoms with E-state index >= 15 is 0 Å². The number of halogens is 1. The van der Waals surface area contributed by atoms with Crippen LogP contribution in [0.1, 0.15) is 21.5 Å². The highest BCUT2D eigenvalue weighted by atomic mass is 19.1. The molecule has 0 unspecified atom stereocenters. The molecule has 6 aromatic rings. The summed E-state index contributed by atoms with van der Waals surface area (Å²) in [5, 5.41) is 2.83. The zero-order chi connectivity index (χ0) is 26.9. The van der Waals surface area contributed by atoms with Crippen LogP contribution in [-0.4, -0.2) is 20.3 Å². The Morgan fingerprint density at radius 1 is 0.769 bits per heavy atom. The van der Waals surface area contributed by atoms with Gasteiger partial charge in [-0.15, -0.1) is 0 Å². The van der Waals surface area contributed by atoms with E-state index in [0.717, 1.165) is 50.5 Å². The third-order valence-electron chi connectivity index (χ3n) is 6.62. The van der Waals surface area contributed by atoms with Gasteiger partial charge in [-0.25, -0.2) is 9.37 Å². The Balaban J connectivity index is 1.51. The second-order valence-corrected chi connectivity index (χ2v) is 9.56. The average Bonchev–Trinajstić information content (AvgIpc) is 3.34. The summed E-state index contributed by atoms with van der Waals surface area (Å²) in [7, 11) is 0. The molecule has 0 radical (unpaired) electrons. The number of fused-ring (bicyclic) bond motifs is 1. The molecular weight excluding hydrogens is 487 g/mol. The maximum Gasteiger partial charge on any atom is 0.255 e. The maximum absolute atomic E-state index is 13.3. The molecule has 2 heterocycles. The third-order valence-corrected chi connectivity index (χ3v) is 6.62. The van der Waals surface area contributed by atoms with Crippen molar-refractivity contribution < 1.29 is 9.18 Å². The van der Waals surface area contributed by atoms with Gasteiger partial charge in [-0.2, -0.15) is 0 Å². The summed E-state index contributed by atoms with van der Waals surface area (Å²) in [5.74, 6) is 0.173. The molecule has 0 fully saturated rings. The van der Waals surface area contributed by atoms with Crippen molar-refractivity contribution >= 4 is 17.1 Å². The second kappa shape index (κ2) is 9.99. The van der Waals surface area contributed by atoms with Crippen LogP contribution in [0.2, 0.25) is 0 Å². The molecule has 0 atom stereocenters. The molecule has 1 N–H and O–H groups in total. The van der Waals surface area contributed by atoms with Crippen molar-refractivity contribution in [3.8, 4) is 33.9 Å². The summed E-state index contributed by atoms with van der Waals surface area (Å²) >= 11 is 0. The van der Waals surface area contributed by atoms with Gasteiger partial charge >= 0.3 is 0 Å². The van der Waals surface area contributed by atoms with Crippen LogP contribution in [-0.2, 0) is 0 Å². The Morgan fingerprint density at radius 3 is 2.13 bits per heavy atom. The SMILES string of the molecule is Cc1cccc(-c2nc(-c3cccc(C)c3)n3ccnc(-c4cccc(C(=O)Nc5ccc(F)cc5)c4)c23)c1. The van der Waals surface area contributed by atoms with E-state index in [1.54, 1.807) is 12.3 Å². The molecule has 2 aromatic heterocycles. The fourth-order valence-electron chi connectivity index (χ4n) is 4.78. The quantitative estimate of drug-likeness (QED) is 0.257. The number of rotatable bonds is 5. The summed E-state index contributed by atoms with van der Waals surface area (Å²) in [6, 6.07) is 29.6. The number of carbonyl (C=O) groups is 1. The predicted octanol–water partition coefficient (Wildman–Crippen LogP) is 7.74. The lowest BCUT2D eigenvalue weighted by molar-refractivity contribution is 0.102. The Hall–Kier alpha value is -5.10. The molecular formula is C33H25FN4O. The minimum absolute atomic E-state index is 0.289. The lowest BCUT2D eigenvalue weighted by Gasteiger charge is -2.10. The molecule has 6 rings (SSSR count). The second-order valence-electron chi connectivity index (χ2n) is 9.56. The fourth-order valence-corrected chi connectivity index (χ4v) is 4.78. The van der Waals surface area contributed by atoms with Crippen LogP contribution in [0.3, 0.4) is 0 Å². The van der Waals surface area contributed by atoms with Gasteiger partial charge in [-0.05, 0) is 62.4 Å². The number of amides is 1. The summed E-state index contributed by atoms with van der Waals surface area (Å²) in [4.78, 5) is 23.0. The van der Waals surface area contributed by atoms with Gasteiger partial charge < -0.3 is 5.32 Å². The minimum Gasteiger partial charge on any atom is -0.322 e. The van der Waals surface area contributed by atoms with Crippen molar-refractivity contribution in [1.29, 1.82) is 0 Å². The number of hydrogen-bond donors (Lipinski definition) is 1. The van der Waals surface area contributed by atoms with E-state index in [2.05, 4.69) is 60.0 Å². The molecule has 4 aromatic carbocycles. The number of carbonyl (C=O) groups excluding carboxylic acids is 1. The van der Waals surface area contributed by atoms with Gasteiger partial charge in [0.1, 0.15) is 11.6 Å². The zero-order valence-corrected chi connectivity index (χ0v) is 21.5. The fraction of sp³-hybridized carbons (Fsp3) is 0.0606. The number of aryl methyl sites for hydroxylation is 2.